The molecular formula is C22H17N3OS. The lowest BCUT2D eigenvalue weighted by Gasteiger charge is -2.15. The molecule has 2 aromatic carbocycles. The zero-order valence-corrected chi connectivity index (χ0v) is 15.4. The van der Waals surface area contributed by atoms with Crippen molar-refractivity contribution in [3.63, 3.8) is 0 Å². The first kappa shape index (κ1) is 16.1. The lowest BCUT2D eigenvalue weighted by molar-refractivity contribution is 0.0780. The fourth-order valence-electron chi connectivity index (χ4n) is 3.63. The van der Waals surface area contributed by atoms with Crippen LogP contribution in [0.3, 0.4) is 0 Å². The Labute approximate surface area is 161 Å². The van der Waals surface area contributed by atoms with Gasteiger partial charge < -0.3 is 4.90 Å². The molecule has 0 saturated heterocycles. The van der Waals surface area contributed by atoms with Crippen molar-refractivity contribution in [1.82, 2.24) is 14.9 Å². The second-order valence-corrected chi connectivity index (χ2v) is 7.54. The maximum atomic E-state index is 13.0. The number of carbonyl (C=O) groups is 1. The van der Waals surface area contributed by atoms with Crippen molar-refractivity contribution in [3.8, 4) is 10.6 Å². The van der Waals surface area contributed by atoms with Crippen LogP contribution < -0.4 is 0 Å². The van der Waals surface area contributed by atoms with E-state index in [-0.39, 0.29) is 5.91 Å². The third-order valence-corrected chi connectivity index (χ3v) is 5.78. The summed E-state index contributed by atoms with van der Waals surface area (Å²) in [6.45, 7) is 1.32. The van der Waals surface area contributed by atoms with Crippen molar-refractivity contribution in [2.24, 2.45) is 0 Å². The van der Waals surface area contributed by atoms with Gasteiger partial charge in [-0.25, -0.2) is 4.98 Å². The molecule has 4 aromatic rings. The van der Waals surface area contributed by atoms with Crippen LogP contribution in [0.2, 0.25) is 0 Å². The van der Waals surface area contributed by atoms with Crippen LogP contribution in [0.1, 0.15) is 21.6 Å². The van der Waals surface area contributed by atoms with Crippen LogP contribution in [0.4, 0.5) is 0 Å². The molecule has 0 fully saturated rings. The highest BCUT2D eigenvalue weighted by Crippen LogP contribution is 2.33. The van der Waals surface area contributed by atoms with Gasteiger partial charge in [0.1, 0.15) is 5.01 Å². The summed E-state index contributed by atoms with van der Waals surface area (Å²) < 4.78 is 0. The molecule has 0 saturated carbocycles. The number of fused-ring (bicyclic) bond motifs is 2. The molecular weight excluding hydrogens is 354 g/mol. The zero-order valence-electron chi connectivity index (χ0n) is 14.6. The van der Waals surface area contributed by atoms with Crippen molar-refractivity contribution in [3.05, 3.63) is 83.0 Å². The molecule has 0 unspecified atom stereocenters. The number of benzene rings is 2. The molecule has 0 spiro atoms. The molecule has 132 valence electrons. The van der Waals surface area contributed by atoms with Crippen molar-refractivity contribution in [2.45, 2.75) is 13.0 Å². The molecule has 4 nitrogen and oxygen atoms in total. The van der Waals surface area contributed by atoms with Crippen molar-refractivity contribution >= 4 is 28.1 Å². The van der Waals surface area contributed by atoms with E-state index in [0.717, 1.165) is 44.7 Å². The molecule has 1 aliphatic heterocycles. The summed E-state index contributed by atoms with van der Waals surface area (Å²) in [5.41, 5.74) is 4.84. The number of amides is 1. The van der Waals surface area contributed by atoms with Crippen LogP contribution in [-0.4, -0.2) is 27.3 Å². The van der Waals surface area contributed by atoms with Gasteiger partial charge in [-0.15, -0.1) is 11.3 Å². The monoisotopic (exact) mass is 371 g/mol. The SMILES string of the molecule is O=C1c2c(cccc2-c2nccs2)CN1CCc1ccc2ccccc2n1. The minimum atomic E-state index is 0.0941. The molecule has 0 atom stereocenters. The number of thiazole rings is 1. The highest BCUT2D eigenvalue weighted by molar-refractivity contribution is 7.13. The van der Waals surface area contributed by atoms with Crippen LogP contribution in [-0.2, 0) is 13.0 Å². The minimum Gasteiger partial charge on any atom is -0.334 e. The van der Waals surface area contributed by atoms with Crippen LogP contribution in [0, 0.1) is 0 Å². The lowest BCUT2D eigenvalue weighted by Crippen LogP contribution is -2.26. The number of rotatable bonds is 4. The normalized spacial score (nSPS) is 13.3. The van der Waals surface area contributed by atoms with E-state index in [1.807, 2.05) is 46.7 Å². The predicted octanol–water partition coefficient (Wildman–Crippen LogP) is 4.56. The van der Waals surface area contributed by atoms with Gasteiger partial charge in [0, 0.05) is 47.7 Å². The Morgan fingerprint density at radius 3 is 2.85 bits per heavy atom. The Kier molecular flexibility index (Phi) is 3.94. The number of hydrogen-bond acceptors (Lipinski definition) is 4. The summed E-state index contributed by atoms with van der Waals surface area (Å²) in [4.78, 5) is 24.1. The van der Waals surface area contributed by atoms with Gasteiger partial charge in [-0.3, -0.25) is 9.78 Å². The average Bonchev–Trinajstić information content (AvgIpc) is 3.35. The average molecular weight is 371 g/mol. The van der Waals surface area contributed by atoms with E-state index < -0.39 is 0 Å². The van der Waals surface area contributed by atoms with E-state index in [4.69, 9.17) is 4.98 Å². The maximum absolute atomic E-state index is 13.0. The van der Waals surface area contributed by atoms with Crippen molar-refractivity contribution in [2.75, 3.05) is 6.54 Å². The molecule has 1 aliphatic rings. The van der Waals surface area contributed by atoms with Crippen molar-refractivity contribution in [1.29, 1.82) is 0 Å². The molecule has 5 heteroatoms. The largest absolute Gasteiger partial charge is 0.334 e. The zero-order chi connectivity index (χ0) is 18.2. The van der Waals surface area contributed by atoms with Gasteiger partial charge in [0.15, 0.2) is 0 Å². The number of nitrogens with zero attached hydrogens (tertiary/aromatic N) is 3. The number of aromatic nitrogens is 2. The highest BCUT2D eigenvalue weighted by atomic mass is 32.1. The van der Waals surface area contributed by atoms with E-state index in [1.165, 1.54) is 0 Å². The second kappa shape index (κ2) is 6.59. The highest BCUT2D eigenvalue weighted by Gasteiger charge is 2.30. The van der Waals surface area contributed by atoms with Crippen LogP contribution in [0.25, 0.3) is 21.5 Å². The molecule has 1 amide bonds. The lowest BCUT2D eigenvalue weighted by atomic mass is 10.0. The van der Waals surface area contributed by atoms with Crippen molar-refractivity contribution < 1.29 is 4.79 Å². The van der Waals surface area contributed by atoms with Gasteiger partial charge in [0.05, 0.1) is 11.1 Å². The molecule has 0 radical (unpaired) electrons. The number of pyridine rings is 1. The first-order valence-corrected chi connectivity index (χ1v) is 9.83. The first-order valence-electron chi connectivity index (χ1n) is 8.95. The Balaban J connectivity index is 1.37. The Bertz CT molecular complexity index is 1140. The second-order valence-electron chi connectivity index (χ2n) is 6.65. The Hall–Kier alpha value is -3.05. The quantitative estimate of drug-likeness (QED) is 0.528. The predicted molar refractivity (Wildman–Crippen MR) is 108 cm³/mol. The van der Waals surface area contributed by atoms with Gasteiger partial charge in [0.2, 0.25) is 0 Å². The van der Waals surface area contributed by atoms with Crippen LogP contribution in [0.15, 0.2) is 66.2 Å². The number of para-hydroxylation sites is 1. The molecule has 3 heterocycles. The smallest absolute Gasteiger partial charge is 0.255 e. The van der Waals surface area contributed by atoms with Crippen LogP contribution in [0.5, 0.6) is 0 Å². The fourth-order valence-corrected chi connectivity index (χ4v) is 4.30. The molecule has 0 N–H and O–H groups in total. The van der Waals surface area contributed by atoms with Gasteiger partial charge in [-0.05, 0) is 17.7 Å². The van der Waals surface area contributed by atoms with E-state index in [9.17, 15) is 4.79 Å². The molecule has 27 heavy (non-hydrogen) atoms. The summed E-state index contributed by atoms with van der Waals surface area (Å²) in [7, 11) is 0. The molecule has 2 aromatic heterocycles. The first-order chi connectivity index (χ1) is 13.3. The van der Waals surface area contributed by atoms with Crippen LogP contribution >= 0.6 is 11.3 Å². The van der Waals surface area contributed by atoms with E-state index in [0.29, 0.717) is 13.1 Å². The van der Waals surface area contributed by atoms with Gasteiger partial charge in [-0.2, -0.15) is 0 Å². The summed E-state index contributed by atoms with van der Waals surface area (Å²) >= 11 is 1.56. The third-order valence-electron chi connectivity index (χ3n) is 4.97. The number of carbonyl (C=O) groups excluding carboxylic acids is 1. The van der Waals surface area contributed by atoms with E-state index in [2.05, 4.69) is 23.2 Å². The van der Waals surface area contributed by atoms with E-state index >= 15 is 0 Å². The minimum absolute atomic E-state index is 0.0941. The summed E-state index contributed by atoms with van der Waals surface area (Å²) in [5.74, 6) is 0.0941. The summed E-state index contributed by atoms with van der Waals surface area (Å²) in [6, 6.07) is 18.3. The Morgan fingerprint density at radius 2 is 1.96 bits per heavy atom. The summed E-state index contributed by atoms with van der Waals surface area (Å²) in [5, 5.41) is 3.98. The maximum Gasteiger partial charge on any atom is 0.255 e. The summed E-state index contributed by atoms with van der Waals surface area (Å²) in [6.07, 6.45) is 2.53. The van der Waals surface area contributed by atoms with E-state index in [1.54, 1.807) is 17.5 Å². The standard InChI is InChI=1S/C22H17N3OS/c26-22-20-16(5-3-6-18(20)21-23-11-13-27-21)14-25(22)12-10-17-9-8-15-4-1-2-7-19(15)24-17/h1-9,11,13H,10,12,14H2. The van der Waals surface area contributed by atoms with Gasteiger partial charge >= 0.3 is 0 Å². The fraction of sp³-hybridized carbons (Fsp3) is 0.136. The molecule has 0 bridgehead atoms. The topological polar surface area (TPSA) is 46.1 Å². The van der Waals surface area contributed by atoms with Gasteiger partial charge in [-0.1, -0.05) is 42.5 Å². The van der Waals surface area contributed by atoms with Gasteiger partial charge in [0.25, 0.3) is 5.91 Å². The molecule has 5 rings (SSSR count). The molecule has 0 aliphatic carbocycles. The third kappa shape index (κ3) is 2.90. The number of hydrogen-bond donors (Lipinski definition) is 0. The Morgan fingerprint density at radius 1 is 1.04 bits per heavy atom.